The lowest BCUT2D eigenvalue weighted by Gasteiger charge is -2.24. The summed E-state index contributed by atoms with van der Waals surface area (Å²) >= 11 is 5.96. The predicted octanol–water partition coefficient (Wildman–Crippen LogP) is 2.38. The van der Waals surface area contributed by atoms with Gasteiger partial charge in [0.25, 0.3) is 0 Å². The first-order chi connectivity index (χ1) is 8.13. The average molecular weight is 251 g/mol. The molecule has 0 spiro atoms. The molecule has 1 atom stereocenters. The van der Waals surface area contributed by atoms with Gasteiger partial charge in [-0.25, -0.2) is 0 Å². The number of hydrogen-bond acceptors (Lipinski definition) is 2. The van der Waals surface area contributed by atoms with E-state index in [0.717, 1.165) is 18.1 Å². The lowest BCUT2D eigenvalue weighted by atomic mass is 10.2. The molecule has 1 aromatic rings. The molecular weight excluding hydrogens is 232 g/mol. The molecule has 0 fully saturated rings. The summed E-state index contributed by atoms with van der Waals surface area (Å²) in [4.78, 5) is 2.27. The summed E-state index contributed by atoms with van der Waals surface area (Å²) < 4.78 is 0. The zero-order chi connectivity index (χ0) is 12.7. The zero-order valence-electron chi connectivity index (χ0n) is 10.4. The second-order valence-corrected chi connectivity index (χ2v) is 4.67. The summed E-state index contributed by atoms with van der Waals surface area (Å²) in [5.74, 6) is 2.57. The van der Waals surface area contributed by atoms with Gasteiger partial charge in [-0.15, -0.1) is 6.42 Å². The maximum absolute atomic E-state index is 5.96. The lowest BCUT2D eigenvalue weighted by Crippen LogP contribution is -2.37. The Morgan fingerprint density at radius 2 is 2.29 bits per heavy atom. The third-order valence-corrected chi connectivity index (χ3v) is 2.98. The number of nitrogens with zero attached hydrogens (tertiary/aromatic N) is 1. The van der Waals surface area contributed by atoms with Crippen LogP contribution in [0.25, 0.3) is 0 Å². The highest BCUT2D eigenvalue weighted by atomic mass is 35.5. The number of halogens is 1. The van der Waals surface area contributed by atoms with Gasteiger partial charge < -0.3 is 5.32 Å². The lowest BCUT2D eigenvalue weighted by molar-refractivity contribution is 0.245. The van der Waals surface area contributed by atoms with E-state index in [0.29, 0.717) is 12.6 Å². The van der Waals surface area contributed by atoms with Crippen molar-refractivity contribution in [3.8, 4) is 12.3 Å². The Morgan fingerprint density at radius 1 is 1.53 bits per heavy atom. The molecule has 2 nitrogen and oxygen atoms in total. The van der Waals surface area contributed by atoms with Gasteiger partial charge in [0.15, 0.2) is 0 Å². The maximum Gasteiger partial charge on any atom is 0.0574 e. The predicted molar refractivity (Wildman–Crippen MR) is 74.1 cm³/mol. The summed E-state index contributed by atoms with van der Waals surface area (Å²) in [6, 6.07) is 8.39. The molecule has 1 aromatic carbocycles. The van der Waals surface area contributed by atoms with Gasteiger partial charge in [0.05, 0.1) is 6.54 Å². The number of likely N-dealkylation sites (N-methyl/N-ethyl adjacent to an activating group) is 1. The smallest absolute Gasteiger partial charge is 0.0574 e. The van der Waals surface area contributed by atoms with E-state index in [9.17, 15) is 0 Å². The highest BCUT2D eigenvalue weighted by molar-refractivity contribution is 6.30. The molecule has 0 amide bonds. The van der Waals surface area contributed by atoms with E-state index >= 15 is 0 Å². The first kappa shape index (κ1) is 14.1. The number of benzene rings is 1. The van der Waals surface area contributed by atoms with Crippen molar-refractivity contribution >= 4 is 11.6 Å². The maximum atomic E-state index is 5.96. The van der Waals surface area contributed by atoms with Crippen LogP contribution in [0.2, 0.25) is 5.02 Å². The minimum atomic E-state index is 0.433. The van der Waals surface area contributed by atoms with E-state index < -0.39 is 0 Å². The first-order valence-corrected chi connectivity index (χ1v) is 6.10. The average Bonchev–Trinajstić information content (AvgIpc) is 2.29. The molecule has 92 valence electrons. The Balaban J connectivity index is 2.43. The molecule has 17 heavy (non-hydrogen) atoms. The Bertz CT molecular complexity index is 384. The molecular formula is C14H19ClN2. The standard InChI is InChI=1S/C14H19ClN2/c1-4-8-16-10-12(2)17(3)11-13-6-5-7-14(15)9-13/h1,5-7,9,12,16H,8,10-11H2,2-3H3. The van der Waals surface area contributed by atoms with Gasteiger partial charge in [-0.2, -0.15) is 0 Å². The van der Waals surface area contributed by atoms with Crippen LogP contribution in [0, 0.1) is 12.3 Å². The number of rotatable bonds is 6. The second-order valence-electron chi connectivity index (χ2n) is 4.23. The Labute approximate surface area is 109 Å². The topological polar surface area (TPSA) is 15.3 Å². The quantitative estimate of drug-likeness (QED) is 0.616. The Kier molecular flexibility index (Phi) is 6.07. The summed E-state index contributed by atoms with van der Waals surface area (Å²) in [7, 11) is 2.10. The molecule has 1 N–H and O–H groups in total. The summed E-state index contributed by atoms with van der Waals surface area (Å²) in [5, 5.41) is 4.00. The van der Waals surface area contributed by atoms with Crippen LogP contribution in [0.4, 0.5) is 0 Å². The Hall–Kier alpha value is -1.01. The van der Waals surface area contributed by atoms with Crippen molar-refractivity contribution in [3.05, 3.63) is 34.9 Å². The molecule has 0 aliphatic carbocycles. The third kappa shape index (κ3) is 5.23. The van der Waals surface area contributed by atoms with E-state index in [1.54, 1.807) is 0 Å². The van der Waals surface area contributed by atoms with E-state index in [1.165, 1.54) is 5.56 Å². The molecule has 1 rings (SSSR count). The van der Waals surface area contributed by atoms with E-state index in [-0.39, 0.29) is 0 Å². The summed E-state index contributed by atoms with van der Waals surface area (Å²) in [5.41, 5.74) is 1.23. The van der Waals surface area contributed by atoms with E-state index in [1.807, 2.05) is 18.2 Å². The van der Waals surface area contributed by atoms with Crippen molar-refractivity contribution in [2.75, 3.05) is 20.1 Å². The van der Waals surface area contributed by atoms with Crippen LogP contribution < -0.4 is 5.32 Å². The van der Waals surface area contributed by atoms with Crippen LogP contribution in [-0.4, -0.2) is 31.1 Å². The number of terminal acetylenes is 1. The van der Waals surface area contributed by atoms with E-state index in [2.05, 4.69) is 36.2 Å². The van der Waals surface area contributed by atoms with Crippen LogP contribution in [0.5, 0.6) is 0 Å². The molecule has 0 saturated carbocycles. The number of hydrogen-bond donors (Lipinski definition) is 1. The molecule has 0 saturated heterocycles. The summed E-state index contributed by atoms with van der Waals surface area (Å²) in [6.45, 7) is 4.57. The fraction of sp³-hybridized carbons (Fsp3) is 0.429. The normalized spacial score (nSPS) is 12.4. The van der Waals surface area contributed by atoms with Crippen LogP contribution in [-0.2, 0) is 6.54 Å². The van der Waals surface area contributed by atoms with Gasteiger partial charge >= 0.3 is 0 Å². The van der Waals surface area contributed by atoms with Crippen LogP contribution >= 0.6 is 11.6 Å². The molecule has 0 heterocycles. The van der Waals surface area contributed by atoms with Crippen molar-refractivity contribution in [2.24, 2.45) is 0 Å². The van der Waals surface area contributed by atoms with Crippen molar-refractivity contribution in [2.45, 2.75) is 19.5 Å². The third-order valence-electron chi connectivity index (χ3n) is 2.74. The molecule has 0 radical (unpaired) electrons. The fourth-order valence-electron chi connectivity index (χ4n) is 1.59. The van der Waals surface area contributed by atoms with Crippen molar-refractivity contribution in [3.63, 3.8) is 0 Å². The first-order valence-electron chi connectivity index (χ1n) is 5.72. The largest absolute Gasteiger partial charge is 0.305 e. The van der Waals surface area contributed by atoms with Gasteiger partial charge in [-0.1, -0.05) is 29.7 Å². The monoisotopic (exact) mass is 250 g/mol. The van der Waals surface area contributed by atoms with Gasteiger partial charge in [-0.3, -0.25) is 4.90 Å². The van der Waals surface area contributed by atoms with Crippen molar-refractivity contribution in [1.82, 2.24) is 10.2 Å². The SMILES string of the molecule is C#CCNCC(C)N(C)Cc1cccc(Cl)c1. The molecule has 1 unspecified atom stereocenters. The van der Waals surface area contributed by atoms with Gasteiger partial charge in [0.2, 0.25) is 0 Å². The fourth-order valence-corrected chi connectivity index (χ4v) is 1.80. The molecule has 0 aliphatic rings. The highest BCUT2D eigenvalue weighted by Crippen LogP contribution is 2.12. The number of nitrogens with one attached hydrogen (secondary N) is 1. The van der Waals surface area contributed by atoms with Gasteiger partial charge in [-0.05, 0) is 31.7 Å². The zero-order valence-corrected chi connectivity index (χ0v) is 11.2. The highest BCUT2D eigenvalue weighted by Gasteiger charge is 2.08. The van der Waals surface area contributed by atoms with Crippen molar-refractivity contribution in [1.29, 1.82) is 0 Å². The second kappa shape index (κ2) is 7.34. The molecule has 0 aliphatic heterocycles. The van der Waals surface area contributed by atoms with Crippen molar-refractivity contribution < 1.29 is 0 Å². The summed E-state index contributed by atoms with van der Waals surface area (Å²) in [6.07, 6.45) is 5.19. The molecule has 0 bridgehead atoms. The van der Waals surface area contributed by atoms with E-state index in [4.69, 9.17) is 18.0 Å². The molecule has 0 aromatic heterocycles. The molecule has 3 heteroatoms. The van der Waals surface area contributed by atoms with Gasteiger partial charge in [0.1, 0.15) is 0 Å². The van der Waals surface area contributed by atoms with Crippen LogP contribution in [0.3, 0.4) is 0 Å². The minimum Gasteiger partial charge on any atom is -0.305 e. The minimum absolute atomic E-state index is 0.433. The van der Waals surface area contributed by atoms with Crippen LogP contribution in [0.15, 0.2) is 24.3 Å². The Morgan fingerprint density at radius 3 is 2.94 bits per heavy atom. The van der Waals surface area contributed by atoms with Gasteiger partial charge in [0, 0.05) is 24.2 Å². The van der Waals surface area contributed by atoms with Crippen LogP contribution in [0.1, 0.15) is 12.5 Å².